The van der Waals surface area contributed by atoms with Gasteiger partial charge in [0, 0.05) is 6.04 Å². The Hall–Kier alpha value is -2.09. The number of esters is 1. The first-order valence-corrected chi connectivity index (χ1v) is 5.88. The van der Waals surface area contributed by atoms with E-state index in [0.717, 1.165) is 0 Å². The average molecular weight is 247 g/mol. The van der Waals surface area contributed by atoms with Crippen LogP contribution in [-0.4, -0.2) is 23.6 Å². The number of pyridine rings is 1. The Kier molecular flexibility index (Phi) is 5.12. The second kappa shape index (κ2) is 6.60. The summed E-state index contributed by atoms with van der Waals surface area (Å²) in [6, 6.07) is 6.98. The third-order valence-electron chi connectivity index (χ3n) is 2.65. The van der Waals surface area contributed by atoms with Gasteiger partial charge in [-0.2, -0.15) is 5.26 Å². The van der Waals surface area contributed by atoms with Gasteiger partial charge in [-0.1, -0.05) is 6.07 Å². The van der Waals surface area contributed by atoms with Crippen LogP contribution >= 0.6 is 0 Å². The number of ether oxygens (including phenoxy) is 1. The number of carbonyl (C=O) groups is 1. The van der Waals surface area contributed by atoms with Gasteiger partial charge in [-0.15, -0.1) is 0 Å². The first-order valence-electron chi connectivity index (χ1n) is 5.88. The van der Waals surface area contributed by atoms with Crippen LogP contribution in [0.2, 0.25) is 0 Å². The number of nitrogens with zero attached hydrogens (tertiary/aromatic N) is 2. The zero-order valence-electron chi connectivity index (χ0n) is 10.8. The lowest BCUT2D eigenvalue weighted by Crippen LogP contribution is -2.31. The summed E-state index contributed by atoms with van der Waals surface area (Å²) in [7, 11) is 0. The molecule has 1 rings (SSSR count). The Morgan fingerprint density at radius 2 is 2.28 bits per heavy atom. The summed E-state index contributed by atoms with van der Waals surface area (Å²) in [5, 5.41) is 11.8. The first-order chi connectivity index (χ1) is 8.58. The number of carbonyl (C=O) groups excluding carboxylic acids is 1. The largest absolute Gasteiger partial charge is 0.466 e. The molecule has 0 spiro atoms. The summed E-state index contributed by atoms with van der Waals surface area (Å²) in [6.45, 7) is 5.82. The average Bonchev–Trinajstić information content (AvgIpc) is 2.38. The molecule has 0 radical (unpaired) electrons. The maximum absolute atomic E-state index is 11.6. The van der Waals surface area contributed by atoms with E-state index in [-0.39, 0.29) is 17.9 Å². The number of aromatic nitrogens is 1. The van der Waals surface area contributed by atoms with E-state index in [0.29, 0.717) is 18.1 Å². The molecule has 96 valence electrons. The standard InChI is InChI=1S/C13H17N3O2/c1-4-18-13(17)9(2)10(3)15-12-7-5-6-11(8-14)16-12/h5-7,9-10H,4H2,1-3H3,(H,15,16). The van der Waals surface area contributed by atoms with E-state index in [1.54, 1.807) is 32.0 Å². The van der Waals surface area contributed by atoms with Crippen molar-refractivity contribution >= 4 is 11.8 Å². The van der Waals surface area contributed by atoms with E-state index in [4.69, 9.17) is 10.00 Å². The molecule has 0 saturated heterocycles. The molecule has 0 saturated carbocycles. The molecule has 0 aromatic carbocycles. The van der Waals surface area contributed by atoms with Gasteiger partial charge in [0.1, 0.15) is 17.6 Å². The highest BCUT2D eigenvalue weighted by Gasteiger charge is 2.21. The Morgan fingerprint density at radius 3 is 2.89 bits per heavy atom. The van der Waals surface area contributed by atoms with Crippen LogP contribution < -0.4 is 5.32 Å². The Balaban J connectivity index is 2.66. The van der Waals surface area contributed by atoms with Gasteiger partial charge < -0.3 is 10.1 Å². The summed E-state index contributed by atoms with van der Waals surface area (Å²) in [4.78, 5) is 15.7. The summed E-state index contributed by atoms with van der Waals surface area (Å²) >= 11 is 0. The topological polar surface area (TPSA) is 75.0 Å². The molecule has 18 heavy (non-hydrogen) atoms. The molecule has 0 aliphatic rings. The molecule has 0 bridgehead atoms. The lowest BCUT2D eigenvalue weighted by molar-refractivity contribution is -0.147. The van der Waals surface area contributed by atoms with Gasteiger partial charge in [0.2, 0.25) is 0 Å². The highest BCUT2D eigenvalue weighted by atomic mass is 16.5. The van der Waals surface area contributed by atoms with Crippen LogP contribution in [-0.2, 0) is 9.53 Å². The molecule has 1 N–H and O–H groups in total. The number of hydrogen-bond donors (Lipinski definition) is 1. The lowest BCUT2D eigenvalue weighted by Gasteiger charge is -2.20. The molecular formula is C13H17N3O2. The van der Waals surface area contributed by atoms with Crippen molar-refractivity contribution in [3.63, 3.8) is 0 Å². The minimum absolute atomic E-state index is 0.120. The molecule has 1 aromatic heterocycles. The molecule has 1 aromatic rings. The van der Waals surface area contributed by atoms with E-state index in [9.17, 15) is 4.79 Å². The smallest absolute Gasteiger partial charge is 0.310 e. The van der Waals surface area contributed by atoms with E-state index < -0.39 is 0 Å². The Morgan fingerprint density at radius 1 is 1.56 bits per heavy atom. The summed E-state index contributed by atoms with van der Waals surface area (Å²) in [5.41, 5.74) is 0.344. The monoisotopic (exact) mass is 247 g/mol. The van der Waals surface area contributed by atoms with Crippen LogP contribution in [0, 0.1) is 17.2 Å². The van der Waals surface area contributed by atoms with Gasteiger partial charge in [-0.25, -0.2) is 4.98 Å². The van der Waals surface area contributed by atoms with Crippen LogP contribution in [0.15, 0.2) is 18.2 Å². The molecule has 0 aliphatic heterocycles. The molecule has 5 heteroatoms. The fourth-order valence-electron chi connectivity index (χ4n) is 1.41. The molecule has 0 fully saturated rings. The number of nitrogens with one attached hydrogen (secondary N) is 1. The van der Waals surface area contributed by atoms with Crippen molar-refractivity contribution in [1.29, 1.82) is 5.26 Å². The fourth-order valence-corrected chi connectivity index (χ4v) is 1.41. The van der Waals surface area contributed by atoms with E-state index in [2.05, 4.69) is 10.3 Å². The van der Waals surface area contributed by atoms with Gasteiger partial charge in [0.25, 0.3) is 0 Å². The van der Waals surface area contributed by atoms with Gasteiger partial charge in [0.05, 0.1) is 12.5 Å². The van der Waals surface area contributed by atoms with Crippen LogP contribution in [0.4, 0.5) is 5.82 Å². The normalized spacial score (nSPS) is 13.2. The van der Waals surface area contributed by atoms with Crippen molar-refractivity contribution in [2.24, 2.45) is 5.92 Å². The number of anilines is 1. The van der Waals surface area contributed by atoms with Crippen LogP contribution in [0.25, 0.3) is 0 Å². The van der Waals surface area contributed by atoms with Crippen LogP contribution in [0.3, 0.4) is 0 Å². The Bertz CT molecular complexity index is 454. The van der Waals surface area contributed by atoms with Crippen LogP contribution in [0.1, 0.15) is 26.5 Å². The molecular weight excluding hydrogens is 230 g/mol. The van der Waals surface area contributed by atoms with Crippen molar-refractivity contribution in [2.75, 3.05) is 11.9 Å². The summed E-state index contributed by atoms with van der Waals surface area (Å²) in [5.74, 6) is 0.0594. The number of rotatable bonds is 5. The van der Waals surface area contributed by atoms with Crippen molar-refractivity contribution < 1.29 is 9.53 Å². The third-order valence-corrected chi connectivity index (χ3v) is 2.65. The van der Waals surface area contributed by atoms with Gasteiger partial charge >= 0.3 is 5.97 Å². The van der Waals surface area contributed by atoms with E-state index in [1.807, 2.05) is 13.0 Å². The van der Waals surface area contributed by atoms with Crippen molar-refractivity contribution in [3.05, 3.63) is 23.9 Å². The first kappa shape index (κ1) is 14.0. The second-order valence-corrected chi connectivity index (χ2v) is 3.99. The minimum atomic E-state index is -0.280. The summed E-state index contributed by atoms with van der Waals surface area (Å²) < 4.78 is 4.96. The van der Waals surface area contributed by atoms with Crippen molar-refractivity contribution in [1.82, 2.24) is 4.98 Å². The quantitative estimate of drug-likeness (QED) is 0.805. The SMILES string of the molecule is CCOC(=O)C(C)C(C)Nc1cccc(C#N)n1. The second-order valence-electron chi connectivity index (χ2n) is 3.99. The number of nitriles is 1. The maximum Gasteiger partial charge on any atom is 0.310 e. The Labute approximate surface area is 107 Å². The molecule has 0 aliphatic carbocycles. The fraction of sp³-hybridized carbons (Fsp3) is 0.462. The van der Waals surface area contributed by atoms with Crippen molar-refractivity contribution in [2.45, 2.75) is 26.8 Å². The zero-order valence-corrected chi connectivity index (χ0v) is 10.8. The third kappa shape index (κ3) is 3.74. The predicted octanol–water partition coefficient (Wildman–Crippen LogP) is 1.95. The van der Waals surface area contributed by atoms with Gasteiger partial charge in [0.15, 0.2) is 0 Å². The molecule has 2 unspecified atom stereocenters. The van der Waals surface area contributed by atoms with Crippen molar-refractivity contribution in [3.8, 4) is 6.07 Å². The number of hydrogen-bond acceptors (Lipinski definition) is 5. The molecule has 5 nitrogen and oxygen atoms in total. The minimum Gasteiger partial charge on any atom is -0.466 e. The predicted molar refractivity (Wildman–Crippen MR) is 67.8 cm³/mol. The highest BCUT2D eigenvalue weighted by molar-refractivity contribution is 5.73. The molecule has 1 heterocycles. The van der Waals surface area contributed by atoms with E-state index in [1.165, 1.54) is 0 Å². The zero-order chi connectivity index (χ0) is 13.5. The lowest BCUT2D eigenvalue weighted by atomic mass is 10.0. The van der Waals surface area contributed by atoms with Crippen LogP contribution in [0.5, 0.6) is 0 Å². The molecule has 2 atom stereocenters. The highest BCUT2D eigenvalue weighted by Crippen LogP contribution is 2.12. The van der Waals surface area contributed by atoms with Gasteiger partial charge in [-0.05, 0) is 32.9 Å². The summed E-state index contributed by atoms with van der Waals surface area (Å²) in [6.07, 6.45) is 0. The molecule has 0 amide bonds. The van der Waals surface area contributed by atoms with E-state index >= 15 is 0 Å². The maximum atomic E-state index is 11.6. The van der Waals surface area contributed by atoms with Gasteiger partial charge in [-0.3, -0.25) is 4.79 Å².